The Balaban J connectivity index is 0.000000100. The van der Waals surface area contributed by atoms with Crippen molar-refractivity contribution in [2.75, 3.05) is 0 Å². The van der Waals surface area contributed by atoms with Gasteiger partial charge in [0.05, 0.1) is 31.8 Å². The Labute approximate surface area is 730 Å². The van der Waals surface area contributed by atoms with Crippen LogP contribution in [0.3, 0.4) is 0 Å². The van der Waals surface area contributed by atoms with E-state index in [0.717, 1.165) is 136 Å². The van der Waals surface area contributed by atoms with Crippen LogP contribution in [0.25, 0.3) is 218 Å². The molecule has 0 saturated carbocycles. The van der Waals surface area contributed by atoms with E-state index in [4.69, 9.17) is 53.6 Å². The number of hydrogen-bond donors (Lipinski definition) is 0. The molecule has 0 saturated heterocycles. The first-order valence-electron chi connectivity index (χ1n) is 39.5. The first-order chi connectivity index (χ1) is 60.0. The molecule has 24 aromatic rings. The predicted octanol–water partition coefficient (Wildman–Crippen LogP) is 31.6. The highest BCUT2D eigenvalue weighted by molar-refractivity contribution is 9.10. The van der Waals surface area contributed by atoms with Crippen molar-refractivity contribution in [3.8, 4) is 101 Å². The van der Waals surface area contributed by atoms with Crippen LogP contribution in [0, 0.1) is 0 Å². The minimum absolute atomic E-state index is 0.199. The van der Waals surface area contributed by atoms with Gasteiger partial charge in [0, 0.05) is 63.2 Å². The third kappa shape index (κ3) is 14.9. The lowest BCUT2D eigenvalue weighted by Crippen LogP contribution is -1.94. The summed E-state index contributed by atoms with van der Waals surface area (Å²) < 4.78 is 17.9. The molecule has 122 heavy (non-hydrogen) atoms. The summed E-state index contributed by atoms with van der Waals surface area (Å²) in [5, 5.41) is 12.2. The second kappa shape index (κ2) is 32.6. The minimum Gasteiger partial charge on any atom is -0.452 e. The van der Waals surface area contributed by atoms with E-state index in [1.165, 1.54) is 64.0 Å². The Morgan fingerprint density at radius 2 is 0.566 bits per heavy atom. The Morgan fingerprint density at radius 1 is 0.221 bits per heavy atom. The summed E-state index contributed by atoms with van der Waals surface area (Å²) in [4.78, 5) is 37.1. The van der Waals surface area contributed by atoms with Gasteiger partial charge in [0.1, 0.15) is 33.6 Å². The quantitative estimate of drug-likeness (QED) is 0.129. The fraction of sp³-hybridized carbons (Fsp3) is 0. The van der Waals surface area contributed by atoms with Crippen LogP contribution in [0.5, 0.6) is 0 Å². The molecule has 0 bridgehead atoms. The summed E-state index contributed by atoms with van der Waals surface area (Å²) in [5.41, 5.74) is 23.9. The lowest BCUT2D eigenvalue weighted by molar-refractivity contribution is 0.667. The standard InChI is InChI=1S/C28H17ClN2O.C26H15BrN2O.2C26H15ClN2S/c29-28-30-25(27-26(31-28)23-13-7-8-14-24(23)32-27)22-16-20(18-9-3-1-4-10-18)15-21(17-22)19-11-5-2-6-12-19;27-20-9-5-8-19(15-20)26-28-23(18-13-12-16-6-1-2-7-17(16)14-18)25-24(29-26)21-10-3-4-11-22(21)30-25;27-26-28-23(25-24(29-26)21-7-3-4-8-22(21)30-25)18-12-9-17(10-13-18)20-14-11-16-5-1-2-6-19(16)15-20;27-26-28-23(25-24(29-26)21-8-4-5-9-22(21)30-25)20-13-12-18-14-17(10-11-19(18)15-20)16-6-2-1-3-7-16/h1-17H;3*1-15H. The SMILES string of the molecule is Brc1cccc(-c2nc(-c3ccc4ccccc4c3)c3oc4ccccc4c3n2)c1.Clc1nc(-c2cc(-c3ccccc3)cc(-c3ccccc3)c2)c2oc3ccccc3c2n1.Clc1nc(-c2ccc(-c3ccc4ccccc4c3)cc2)c2sc3ccccc3c2n1.Clc1nc(-c2ccc3cc(-c4ccccc4)ccc3c2)c2sc3ccccc3c2n1. The van der Waals surface area contributed by atoms with Crippen LogP contribution in [-0.4, -0.2) is 39.9 Å². The van der Waals surface area contributed by atoms with E-state index in [9.17, 15) is 0 Å². The van der Waals surface area contributed by atoms with Gasteiger partial charge in [-0.3, -0.25) is 0 Å². The lowest BCUT2D eigenvalue weighted by atomic mass is 9.95. The van der Waals surface area contributed by atoms with Crippen molar-refractivity contribution in [3.05, 3.63) is 396 Å². The van der Waals surface area contributed by atoms with Crippen LogP contribution >= 0.6 is 73.4 Å². The molecule has 16 heteroatoms. The highest BCUT2D eigenvalue weighted by Crippen LogP contribution is 2.45. The van der Waals surface area contributed by atoms with Gasteiger partial charge in [-0.25, -0.2) is 39.9 Å². The first kappa shape index (κ1) is 75.5. The van der Waals surface area contributed by atoms with Gasteiger partial charge >= 0.3 is 0 Å². The van der Waals surface area contributed by atoms with Crippen molar-refractivity contribution in [1.29, 1.82) is 0 Å². The Hall–Kier alpha value is -14.0. The van der Waals surface area contributed by atoms with E-state index in [-0.39, 0.29) is 15.9 Å². The van der Waals surface area contributed by atoms with E-state index in [1.807, 2.05) is 140 Å². The van der Waals surface area contributed by atoms with Gasteiger partial charge in [-0.2, -0.15) is 0 Å². The summed E-state index contributed by atoms with van der Waals surface area (Å²) in [6, 6.07) is 129. The molecule has 0 aliphatic heterocycles. The molecule has 0 aliphatic rings. The van der Waals surface area contributed by atoms with Crippen molar-refractivity contribution in [3.63, 3.8) is 0 Å². The van der Waals surface area contributed by atoms with Crippen LogP contribution in [0.2, 0.25) is 15.9 Å². The van der Waals surface area contributed by atoms with Crippen molar-refractivity contribution in [2.24, 2.45) is 0 Å². The molecule has 16 aromatic carbocycles. The Morgan fingerprint density at radius 3 is 1.08 bits per heavy atom. The van der Waals surface area contributed by atoms with Crippen LogP contribution in [0.4, 0.5) is 0 Å². The zero-order valence-electron chi connectivity index (χ0n) is 64.5. The highest BCUT2D eigenvalue weighted by Gasteiger charge is 2.23. The number of nitrogens with zero attached hydrogens (tertiary/aromatic N) is 8. The number of rotatable bonds is 9. The van der Waals surface area contributed by atoms with Gasteiger partial charge in [0.2, 0.25) is 15.9 Å². The molecular formula is C106H62BrCl3N8O2S2. The lowest BCUT2D eigenvalue weighted by Gasteiger charge is -2.11. The number of benzene rings is 16. The van der Waals surface area contributed by atoms with Gasteiger partial charge in [0.25, 0.3) is 0 Å². The number of furan rings is 2. The summed E-state index contributed by atoms with van der Waals surface area (Å²) in [6.07, 6.45) is 0. The molecule has 0 unspecified atom stereocenters. The largest absolute Gasteiger partial charge is 0.452 e. The van der Waals surface area contributed by atoms with E-state index >= 15 is 0 Å². The third-order valence-corrected chi connectivity index (χ3v) is 25.1. The number of hydrogen-bond acceptors (Lipinski definition) is 12. The van der Waals surface area contributed by atoms with Gasteiger partial charge in [-0.15, -0.1) is 22.7 Å². The molecule has 0 atom stereocenters. The van der Waals surface area contributed by atoms with Crippen molar-refractivity contribution in [2.45, 2.75) is 0 Å². The average Bonchev–Trinajstić information content (AvgIpc) is 1.61. The van der Waals surface area contributed by atoms with Crippen LogP contribution in [0.1, 0.15) is 0 Å². The van der Waals surface area contributed by atoms with E-state index in [2.05, 4.69) is 282 Å². The second-order valence-electron chi connectivity index (χ2n) is 29.4. The van der Waals surface area contributed by atoms with Gasteiger partial charge in [-0.05, 0) is 203 Å². The molecule has 0 radical (unpaired) electrons. The maximum atomic E-state index is 6.38. The Bertz CT molecular complexity index is 8110. The van der Waals surface area contributed by atoms with Gasteiger partial charge in [0.15, 0.2) is 17.0 Å². The molecule has 24 rings (SSSR count). The molecule has 0 fully saturated rings. The molecule has 10 nitrogen and oxygen atoms in total. The topological polar surface area (TPSA) is 129 Å². The van der Waals surface area contributed by atoms with Crippen LogP contribution in [0.15, 0.2) is 389 Å². The number of halogens is 4. The molecule has 578 valence electrons. The molecule has 0 aliphatic carbocycles. The fourth-order valence-corrected chi connectivity index (χ4v) is 19.1. The molecule has 0 spiro atoms. The second-order valence-corrected chi connectivity index (χ2v) is 33.4. The zero-order chi connectivity index (χ0) is 81.7. The predicted molar refractivity (Wildman–Crippen MR) is 513 cm³/mol. The number of fused-ring (bicyclic) bond motifs is 15. The van der Waals surface area contributed by atoms with E-state index in [0.29, 0.717) is 22.7 Å². The van der Waals surface area contributed by atoms with E-state index in [1.54, 1.807) is 22.7 Å². The maximum absolute atomic E-state index is 6.38. The van der Waals surface area contributed by atoms with Crippen LogP contribution in [-0.2, 0) is 0 Å². The average molecular weight is 1730 g/mol. The van der Waals surface area contributed by atoms with Gasteiger partial charge in [-0.1, -0.05) is 301 Å². The number of thiophene rings is 2. The summed E-state index contributed by atoms with van der Waals surface area (Å²) in [7, 11) is 0. The van der Waals surface area contributed by atoms with Crippen molar-refractivity contribution in [1.82, 2.24) is 39.9 Å². The zero-order valence-corrected chi connectivity index (χ0v) is 70.0. The molecule has 0 N–H and O–H groups in total. The maximum Gasteiger partial charge on any atom is 0.223 e. The third-order valence-electron chi connectivity index (χ3n) is 21.8. The smallest absolute Gasteiger partial charge is 0.223 e. The van der Waals surface area contributed by atoms with E-state index < -0.39 is 0 Å². The first-order valence-corrected chi connectivity index (χ1v) is 43.0. The molecule has 0 amide bonds. The highest BCUT2D eigenvalue weighted by atomic mass is 79.9. The molecule has 8 aromatic heterocycles. The minimum atomic E-state index is 0.199. The summed E-state index contributed by atoms with van der Waals surface area (Å²) in [5.74, 6) is 0.679. The fourth-order valence-electron chi connectivity index (χ4n) is 15.9. The molecule has 8 heterocycles. The summed E-state index contributed by atoms with van der Waals surface area (Å²) in [6.45, 7) is 0. The normalized spacial score (nSPS) is 11.4. The summed E-state index contributed by atoms with van der Waals surface area (Å²) >= 11 is 26.0. The van der Waals surface area contributed by atoms with Gasteiger partial charge < -0.3 is 8.83 Å². The van der Waals surface area contributed by atoms with Crippen LogP contribution < -0.4 is 0 Å². The van der Waals surface area contributed by atoms with Crippen molar-refractivity contribution >= 4 is 190 Å². The van der Waals surface area contributed by atoms with Crippen molar-refractivity contribution < 1.29 is 8.83 Å². The number of aromatic nitrogens is 8. The monoisotopic (exact) mass is 1730 g/mol. The Kier molecular flexibility index (Phi) is 20.2. The molecular weight excluding hydrogens is 1670 g/mol. The number of para-hydroxylation sites is 2.